The van der Waals surface area contributed by atoms with Gasteiger partial charge in [-0.25, -0.2) is 19.1 Å². The van der Waals surface area contributed by atoms with Crippen LogP contribution in [0.2, 0.25) is 5.02 Å². The summed E-state index contributed by atoms with van der Waals surface area (Å²) >= 11 is 5.91. The Morgan fingerprint density at radius 3 is 2.50 bits per heavy atom. The lowest BCUT2D eigenvalue weighted by Crippen LogP contribution is -2.37. The molecule has 40 heavy (non-hydrogen) atoms. The van der Waals surface area contributed by atoms with Crippen molar-refractivity contribution in [1.82, 2.24) is 39.3 Å². The molecule has 1 unspecified atom stereocenters. The summed E-state index contributed by atoms with van der Waals surface area (Å²) in [5, 5.41) is 21.1. The smallest absolute Gasteiger partial charge is 0.382 e. The Morgan fingerprint density at radius 1 is 1.10 bits per heavy atom. The first-order chi connectivity index (χ1) is 19.0. The number of para-hydroxylation sites is 1. The molecule has 4 aromatic rings. The van der Waals surface area contributed by atoms with E-state index in [4.69, 9.17) is 11.6 Å². The van der Waals surface area contributed by atoms with E-state index in [1.54, 1.807) is 24.3 Å². The van der Waals surface area contributed by atoms with E-state index in [1.165, 1.54) is 40.2 Å². The highest BCUT2D eigenvalue weighted by atomic mass is 35.5. The molecule has 1 aliphatic heterocycles. The van der Waals surface area contributed by atoms with E-state index in [-0.39, 0.29) is 42.9 Å². The van der Waals surface area contributed by atoms with E-state index < -0.39 is 30.4 Å². The highest BCUT2D eigenvalue weighted by molar-refractivity contribution is 6.30. The van der Waals surface area contributed by atoms with Crippen LogP contribution in [0.15, 0.2) is 59.7 Å². The average Bonchev–Trinajstić information content (AvgIpc) is 3.64. The highest BCUT2D eigenvalue weighted by Gasteiger charge is 2.39. The van der Waals surface area contributed by atoms with Crippen LogP contribution in [0.25, 0.3) is 17.1 Å². The van der Waals surface area contributed by atoms with Crippen molar-refractivity contribution < 1.29 is 27.9 Å². The second-order valence-corrected chi connectivity index (χ2v) is 9.26. The molecule has 0 spiro atoms. The Hall–Kier alpha value is -4.50. The fourth-order valence-corrected chi connectivity index (χ4v) is 4.18. The maximum absolute atomic E-state index is 13.1. The van der Waals surface area contributed by atoms with Crippen LogP contribution in [0.3, 0.4) is 0 Å². The number of alkyl halides is 3. The Kier molecular flexibility index (Phi) is 7.16. The molecule has 208 valence electrons. The van der Waals surface area contributed by atoms with Crippen LogP contribution < -0.4 is 11.0 Å². The Bertz CT molecular complexity index is 1630. The number of carbonyl (C=O) groups is 2. The molecule has 5 rings (SSSR count). The third-order valence-electron chi connectivity index (χ3n) is 6.06. The standard InChI is InChI=1S/C24H20ClF3N8O4/c25-15-7-5-14(6-8-15)21-32-35(23(40)34(21)9-18(37)24(26,27)28)10-19-29-13-36(31-19)17-4-2-1-3-16(17)22(39)33-11-20(38)30-12-33/h1-8,13,18,37H,9-12H2,(H,30,38). The zero-order valence-corrected chi connectivity index (χ0v) is 21.2. The third-order valence-corrected chi connectivity index (χ3v) is 6.31. The number of aliphatic hydroxyl groups excluding tert-OH is 1. The Balaban J connectivity index is 1.46. The monoisotopic (exact) mass is 576 g/mol. The van der Waals surface area contributed by atoms with Gasteiger partial charge in [-0.1, -0.05) is 23.7 Å². The molecule has 0 bridgehead atoms. The van der Waals surface area contributed by atoms with Gasteiger partial charge in [0.05, 0.1) is 24.5 Å². The van der Waals surface area contributed by atoms with Crippen molar-refractivity contribution in [1.29, 1.82) is 0 Å². The maximum Gasteiger partial charge on any atom is 0.416 e. The molecule has 1 aliphatic rings. The number of aliphatic hydroxyl groups is 1. The average molecular weight is 577 g/mol. The molecule has 2 aromatic carbocycles. The van der Waals surface area contributed by atoms with Gasteiger partial charge >= 0.3 is 11.9 Å². The predicted octanol–water partition coefficient (Wildman–Crippen LogP) is 1.45. The highest BCUT2D eigenvalue weighted by Crippen LogP contribution is 2.24. The van der Waals surface area contributed by atoms with Crippen molar-refractivity contribution in [2.75, 3.05) is 13.2 Å². The van der Waals surface area contributed by atoms with Crippen molar-refractivity contribution in [2.24, 2.45) is 0 Å². The molecule has 1 fully saturated rings. The summed E-state index contributed by atoms with van der Waals surface area (Å²) in [5.74, 6) is -0.726. The molecule has 0 radical (unpaired) electrons. The molecule has 3 heterocycles. The van der Waals surface area contributed by atoms with Crippen LogP contribution in [0, 0.1) is 0 Å². The van der Waals surface area contributed by atoms with Crippen LogP contribution in [-0.4, -0.2) is 76.4 Å². The van der Waals surface area contributed by atoms with Gasteiger partial charge in [-0.05, 0) is 36.4 Å². The molecular weight excluding hydrogens is 557 g/mol. The molecule has 12 nitrogen and oxygen atoms in total. The van der Waals surface area contributed by atoms with Gasteiger partial charge in [0.2, 0.25) is 5.91 Å². The SMILES string of the molecule is O=C1CN(C(=O)c2ccccc2-n2cnc(Cn3nc(-c4ccc(Cl)cc4)n(CC(O)C(F)(F)F)c3=O)n2)CN1. The molecule has 0 saturated carbocycles. The first-order valence-corrected chi connectivity index (χ1v) is 12.1. The van der Waals surface area contributed by atoms with Gasteiger partial charge in [-0.3, -0.25) is 14.2 Å². The van der Waals surface area contributed by atoms with Gasteiger partial charge in [0.15, 0.2) is 17.8 Å². The molecule has 2 amide bonds. The van der Waals surface area contributed by atoms with E-state index in [0.717, 1.165) is 9.25 Å². The first-order valence-electron chi connectivity index (χ1n) is 11.8. The molecule has 1 saturated heterocycles. The fraction of sp³-hybridized carbons (Fsp3) is 0.250. The zero-order chi connectivity index (χ0) is 28.6. The number of halogens is 4. The van der Waals surface area contributed by atoms with Gasteiger partial charge in [0.25, 0.3) is 5.91 Å². The third kappa shape index (κ3) is 5.46. The number of rotatable bonds is 7. The molecule has 16 heteroatoms. The van der Waals surface area contributed by atoms with Gasteiger partial charge in [-0.15, -0.1) is 10.2 Å². The number of hydrogen-bond acceptors (Lipinski definition) is 7. The summed E-state index contributed by atoms with van der Waals surface area (Å²) in [6.45, 7) is -1.41. The Morgan fingerprint density at radius 2 is 1.82 bits per heavy atom. The molecule has 2 aromatic heterocycles. The summed E-state index contributed by atoms with van der Waals surface area (Å²) in [5.41, 5.74) is -0.0106. The van der Waals surface area contributed by atoms with E-state index in [2.05, 4.69) is 20.5 Å². The number of aromatic nitrogens is 6. The minimum atomic E-state index is -4.96. The van der Waals surface area contributed by atoms with Crippen LogP contribution in [0.5, 0.6) is 0 Å². The summed E-state index contributed by atoms with van der Waals surface area (Å²) in [6, 6.07) is 12.5. The summed E-state index contributed by atoms with van der Waals surface area (Å²) in [6.07, 6.45) is -6.45. The van der Waals surface area contributed by atoms with Gasteiger partial charge in [0.1, 0.15) is 19.4 Å². The van der Waals surface area contributed by atoms with Crippen LogP contribution in [0.4, 0.5) is 13.2 Å². The number of amides is 2. The largest absolute Gasteiger partial charge is 0.416 e. The minimum Gasteiger partial charge on any atom is -0.382 e. The summed E-state index contributed by atoms with van der Waals surface area (Å²) < 4.78 is 42.2. The van der Waals surface area contributed by atoms with Gasteiger partial charge in [-0.2, -0.15) is 13.2 Å². The number of carbonyl (C=O) groups excluding carboxylic acids is 2. The number of nitrogens with one attached hydrogen (secondary N) is 1. The maximum atomic E-state index is 13.1. The zero-order valence-electron chi connectivity index (χ0n) is 20.4. The molecule has 0 aliphatic carbocycles. The van der Waals surface area contributed by atoms with Crippen molar-refractivity contribution in [2.45, 2.75) is 25.4 Å². The van der Waals surface area contributed by atoms with Crippen molar-refractivity contribution in [3.05, 3.63) is 81.8 Å². The summed E-state index contributed by atoms with van der Waals surface area (Å²) in [4.78, 5) is 43.1. The van der Waals surface area contributed by atoms with Crippen molar-refractivity contribution >= 4 is 23.4 Å². The lowest BCUT2D eigenvalue weighted by atomic mass is 10.1. The number of hydrogen-bond donors (Lipinski definition) is 2. The molecule has 2 N–H and O–H groups in total. The quantitative estimate of drug-likeness (QED) is 0.339. The minimum absolute atomic E-state index is 0.0686. The van der Waals surface area contributed by atoms with E-state index in [0.29, 0.717) is 16.3 Å². The second kappa shape index (κ2) is 10.6. The lowest BCUT2D eigenvalue weighted by molar-refractivity contribution is -0.207. The van der Waals surface area contributed by atoms with Crippen LogP contribution >= 0.6 is 11.6 Å². The van der Waals surface area contributed by atoms with Crippen LogP contribution in [-0.2, 0) is 17.9 Å². The predicted molar refractivity (Wildman–Crippen MR) is 134 cm³/mol. The van der Waals surface area contributed by atoms with Crippen molar-refractivity contribution in [3.8, 4) is 17.1 Å². The molecule has 1 atom stereocenters. The van der Waals surface area contributed by atoms with E-state index >= 15 is 0 Å². The van der Waals surface area contributed by atoms with Crippen molar-refractivity contribution in [3.63, 3.8) is 0 Å². The summed E-state index contributed by atoms with van der Waals surface area (Å²) in [7, 11) is 0. The van der Waals surface area contributed by atoms with Gasteiger partial charge < -0.3 is 15.3 Å². The number of nitrogens with zero attached hydrogens (tertiary/aromatic N) is 7. The first kappa shape index (κ1) is 27.1. The van der Waals surface area contributed by atoms with E-state index in [1.807, 2.05) is 0 Å². The molecular formula is C24H20ClF3N8O4. The van der Waals surface area contributed by atoms with Crippen LogP contribution in [0.1, 0.15) is 16.2 Å². The second-order valence-electron chi connectivity index (χ2n) is 8.82. The topological polar surface area (TPSA) is 140 Å². The fourth-order valence-electron chi connectivity index (χ4n) is 4.05. The van der Waals surface area contributed by atoms with Gasteiger partial charge in [0, 0.05) is 10.6 Å². The normalized spacial score (nSPS) is 14.4. The Labute approximate surface area is 228 Å². The van der Waals surface area contributed by atoms with E-state index in [9.17, 15) is 32.7 Å². The lowest BCUT2D eigenvalue weighted by Gasteiger charge is -2.15. The number of benzene rings is 2.